The minimum absolute atomic E-state index is 0.372. The van der Waals surface area contributed by atoms with Crippen molar-refractivity contribution < 1.29 is 9.29 Å². The molecule has 9 heavy (non-hydrogen) atoms. The molecule has 0 spiro atoms. The van der Waals surface area contributed by atoms with Gasteiger partial charge in [0.1, 0.15) is 0 Å². The molecule has 5 heteroatoms. The van der Waals surface area contributed by atoms with Crippen LogP contribution in [0.3, 0.4) is 0 Å². The van der Waals surface area contributed by atoms with E-state index >= 15 is 0 Å². The lowest BCUT2D eigenvalue weighted by Crippen LogP contribution is -2.09. The number of thiol groups is 1. The lowest BCUT2D eigenvalue weighted by atomic mass is 10.2. The van der Waals surface area contributed by atoms with Crippen molar-refractivity contribution in [2.75, 3.05) is 18.1 Å². The Morgan fingerprint density at radius 1 is 1.78 bits per heavy atom. The quantitative estimate of drug-likeness (QED) is 0.376. The molecule has 0 rings (SSSR count). The normalized spacial score (nSPS) is 20.4. The average Bonchev–Trinajstić information content (AvgIpc) is 1.84. The van der Waals surface area contributed by atoms with Gasteiger partial charge in [0.2, 0.25) is 6.56 Å². The Balaban J connectivity index is 3.33. The summed E-state index contributed by atoms with van der Waals surface area (Å²) < 4.78 is 14.2. The second kappa shape index (κ2) is 4.49. The molecule has 0 aliphatic rings. The Bertz CT molecular complexity index is 79.0. The molecule has 0 bridgehead atoms. The van der Waals surface area contributed by atoms with E-state index in [2.05, 4.69) is 12.6 Å². The molecule has 0 aliphatic heterocycles. The monoisotopic (exact) mass is 167 g/mol. The van der Waals surface area contributed by atoms with Crippen molar-refractivity contribution >= 4 is 29.3 Å². The van der Waals surface area contributed by atoms with Crippen LogP contribution in [0.15, 0.2) is 0 Å². The molecule has 1 atom stereocenters. The smallest absolute Gasteiger partial charge is 0.201 e. The van der Waals surface area contributed by atoms with E-state index < -0.39 is 10.2 Å². The third-order valence-electron chi connectivity index (χ3n) is 0.921. The third-order valence-corrected chi connectivity index (χ3v) is 2.76. The Labute approximate surface area is 64.1 Å². The molecule has 0 fully saturated rings. The fraction of sp³-hybridized carbons (Fsp3) is 1.00. The van der Waals surface area contributed by atoms with E-state index in [4.69, 9.17) is 4.74 Å². The highest BCUT2D eigenvalue weighted by molar-refractivity contribution is 8.47. The van der Waals surface area contributed by atoms with Crippen molar-refractivity contribution in [1.29, 1.82) is 0 Å². The summed E-state index contributed by atoms with van der Waals surface area (Å²) in [6.45, 7) is 3.60. The van der Waals surface area contributed by atoms with Gasteiger partial charge in [0.25, 0.3) is 0 Å². The maximum absolute atomic E-state index is 9.32. The summed E-state index contributed by atoms with van der Waals surface area (Å²) in [7, 11) is -1.58. The van der Waals surface area contributed by atoms with E-state index in [-0.39, 0.29) is 0 Å². The second-order valence-corrected chi connectivity index (χ2v) is 4.98. The van der Waals surface area contributed by atoms with Crippen LogP contribution in [0.5, 0.6) is 0 Å². The maximum Gasteiger partial charge on any atom is 0.201 e. The molecule has 0 aliphatic carbocycles. The predicted molar refractivity (Wildman–Crippen MR) is 47.6 cm³/mol. The Kier molecular flexibility index (Phi) is 4.83. The minimum atomic E-state index is -1.58. The molecule has 1 radical (unpaired) electrons. The van der Waals surface area contributed by atoms with E-state index in [0.29, 0.717) is 11.9 Å². The Morgan fingerprint density at radius 3 is 2.67 bits per heavy atom. The van der Waals surface area contributed by atoms with Crippen molar-refractivity contribution in [3.05, 3.63) is 0 Å². The van der Waals surface area contributed by atoms with Crippen LogP contribution < -0.4 is 0 Å². The van der Waals surface area contributed by atoms with Gasteiger partial charge >= 0.3 is 0 Å². The highest BCUT2D eigenvalue weighted by Crippen LogP contribution is 2.35. The fourth-order valence-corrected chi connectivity index (χ4v) is 1.05. The first kappa shape index (κ1) is 9.68. The summed E-state index contributed by atoms with van der Waals surface area (Å²) in [6.07, 6.45) is 1.77. The SMILES string of the molecule is C[B]S(C)(O)COCS. The van der Waals surface area contributed by atoms with Crippen LogP contribution in [0, 0.1) is 0 Å². The molecule has 0 heterocycles. The largest absolute Gasteiger partial charge is 0.361 e. The van der Waals surface area contributed by atoms with E-state index in [1.165, 1.54) is 0 Å². The van der Waals surface area contributed by atoms with Gasteiger partial charge in [0, 0.05) is 0 Å². The summed E-state index contributed by atoms with van der Waals surface area (Å²) in [5, 5.41) is 0. The van der Waals surface area contributed by atoms with Crippen LogP contribution in [-0.2, 0) is 4.74 Å². The first-order valence-electron chi connectivity index (χ1n) is 2.59. The topological polar surface area (TPSA) is 29.5 Å². The van der Waals surface area contributed by atoms with Crippen LogP contribution in [0.1, 0.15) is 0 Å². The van der Waals surface area contributed by atoms with Gasteiger partial charge < -0.3 is 9.29 Å². The van der Waals surface area contributed by atoms with Crippen molar-refractivity contribution in [1.82, 2.24) is 0 Å². The summed E-state index contributed by atoms with van der Waals surface area (Å²) in [5.74, 6) is 0.768. The zero-order valence-electron chi connectivity index (χ0n) is 5.70. The lowest BCUT2D eigenvalue weighted by Gasteiger charge is -2.25. The zero-order valence-corrected chi connectivity index (χ0v) is 7.41. The van der Waals surface area contributed by atoms with Crippen LogP contribution >= 0.6 is 22.8 Å². The van der Waals surface area contributed by atoms with Crippen molar-refractivity contribution in [3.63, 3.8) is 0 Å². The molecule has 0 aromatic rings. The predicted octanol–water partition coefficient (Wildman–Crippen LogP) is 1.42. The lowest BCUT2D eigenvalue weighted by molar-refractivity contribution is 0.235. The first-order chi connectivity index (χ1) is 4.12. The fourth-order valence-electron chi connectivity index (χ4n) is 0.274. The molecule has 0 aromatic heterocycles. The Morgan fingerprint density at radius 2 is 2.33 bits per heavy atom. The van der Waals surface area contributed by atoms with Gasteiger partial charge in [-0.1, -0.05) is 6.82 Å². The minimum Gasteiger partial charge on any atom is -0.361 e. The van der Waals surface area contributed by atoms with E-state index in [0.717, 1.165) is 0 Å². The highest BCUT2D eigenvalue weighted by Gasteiger charge is 2.10. The van der Waals surface area contributed by atoms with E-state index in [9.17, 15) is 4.55 Å². The van der Waals surface area contributed by atoms with Gasteiger partial charge in [-0.05, 0) is 6.26 Å². The number of ether oxygens (including phenoxy) is 1. The summed E-state index contributed by atoms with van der Waals surface area (Å²) in [5.41, 5.74) is 0. The zero-order chi connectivity index (χ0) is 7.33. The number of rotatable bonds is 4. The molecule has 0 amide bonds. The van der Waals surface area contributed by atoms with Crippen LogP contribution in [0.25, 0.3) is 0 Å². The van der Waals surface area contributed by atoms with Crippen molar-refractivity contribution in [3.8, 4) is 0 Å². The first-order valence-corrected chi connectivity index (χ1v) is 5.45. The summed E-state index contributed by atoms with van der Waals surface area (Å²) >= 11 is 3.84. The molecule has 1 N–H and O–H groups in total. The average molecular weight is 167 g/mol. The molecular formula is C4H12BO2S2. The highest BCUT2D eigenvalue weighted by atomic mass is 32.3. The van der Waals surface area contributed by atoms with Crippen LogP contribution in [0.4, 0.5) is 0 Å². The van der Waals surface area contributed by atoms with Gasteiger partial charge in [-0.25, -0.2) is 0 Å². The molecule has 55 valence electrons. The summed E-state index contributed by atoms with van der Waals surface area (Å²) in [6, 6.07) is 0. The van der Waals surface area contributed by atoms with Gasteiger partial charge in [0.05, 0.1) is 11.9 Å². The van der Waals surface area contributed by atoms with Crippen LogP contribution in [-0.4, -0.2) is 29.2 Å². The van der Waals surface area contributed by atoms with Crippen molar-refractivity contribution in [2.45, 2.75) is 6.82 Å². The van der Waals surface area contributed by atoms with Crippen molar-refractivity contribution in [2.24, 2.45) is 0 Å². The number of hydrogen-bond donors (Lipinski definition) is 2. The second-order valence-electron chi connectivity index (χ2n) is 1.79. The third kappa shape index (κ3) is 5.15. The molecular weight excluding hydrogens is 155 g/mol. The molecule has 2 nitrogen and oxygen atoms in total. The summed E-state index contributed by atoms with van der Waals surface area (Å²) in [4.78, 5) is 0. The Hall–Kier alpha value is 0.685. The molecule has 1 unspecified atom stereocenters. The maximum atomic E-state index is 9.32. The van der Waals surface area contributed by atoms with Gasteiger partial charge in [-0.15, -0.1) is 0 Å². The number of hydrogen-bond acceptors (Lipinski definition) is 3. The van der Waals surface area contributed by atoms with E-state index in [1.807, 2.05) is 6.82 Å². The van der Waals surface area contributed by atoms with Gasteiger partial charge in [-0.2, -0.15) is 22.8 Å². The van der Waals surface area contributed by atoms with E-state index in [1.54, 1.807) is 12.8 Å². The molecule has 0 saturated heterocycles. The molecule has 0 aromatic carbocycles. The molecule has 0 saturated carbocycles. The van der Waals surface area contributed by atoms with Gasteiger partial charge in [-0.3, -0.25) is 0 Å². The van der Waals surface area contributed by atoms with Crippen LogP contribution in [0.2, 0.25) is 6.82 Å². The van der Waals surface area contributed by atoms with Gasteiger partial charge in [0.15, 0.2) is 0 Å². The standard InChI is InChI=1S/C4H12BO2S2/c1-5-9(2,6)4-7-3-8/h6,8H,3-4H2,1-2H3.